The number of hydrogen-bond acceptors (Lipinski definition) is 12. The first kappa shape index (κ1) is 29.1. The van der Waals surface area contributed by atoms with E-state index < -0.39 is 49.3 Å². The van der Waals surface area contributed by atoms with Crippen LogP contribution in [-0.2, 0) is 23.8 Å². The number of likely N-dealkylation sites (N-methyl/N-ethyl adjacent to an activating group) is 1. The summed E-state index contributed by atoms with van der Waals surface area (Å²) in [6.45, 7) is 2.52. The number of aliphatic hydroxyl groups excluding tert-OH is 4. The number of benzene rings is 2. The Morgan fingerprint density at radius 2 is 1.55 bits per heavy atom. The summed E-state index contributed by atoms with van der Waals surface area (Å²) >= 11 is 0. The zero-order valence-corrected chi connectivity index (χ0v) is 21.0. The SMILES string of the molecule is CCN(CCOC(=O)CCC(=O)O[C@@H]1[C@@H](O)[C@H](O)O[C@H](CO)[C@H]1O)c1ccc(N=Nc2ccccc2)cc1. The van der Waals surface area contributed by atoms with E-state index in [1.54, 1.807) is 0 Å². The molecule has 3 rings (SSSR count). The number of hydrogen-bond donors (Lipinski definition) is 4. The fourth-order valence-electron chi connectivity index (χ4n) is 3.77. The van der Waals surface area contributed by atoms with Crippen LogP contribution in [0.2, 0.25) is 0 Å². The van der Waals surface area contributed by atoms with Gasteiger partial charge in [-0.3, -0.25) is 9.59 Å². The third-order valence-corrected chi connectivity index (χ3v) is 5.90. The number of anilines is 1. The standard InChI is InChI=1S/C26H33N3O9/c1-2-29(19-10-8-18(9-11-19)28-27-17-6-4-3-5-7-17)14-15-36-21(31)12-13-22(32)38-25-23(33)20(16-30)37-26(35)24(25)34/h3-11,20,23-26,30,33-35H,2,12-16H2,1H3/t20-,23-,24-,25+,26-/m1/s1. The smallest absolute Gasteiger partial charge is 0.306 e. The van der Waals surface area contributed by atoms with Gasteiger partial charge in [0.1, 0.15) is 24.9 Å². The van der Waals surface area contributed by atoms with E-state index in [9.17, 15) is 30.0 Å². The van der Waals surface area contributed by atoms with Crippen molar-refractivity contribution in [2.45, 2.75) is 50.5 Å². The molecule has 1 aliphatic rings. The minimum Gasteiger partial charge on any atom is -0.464 e. The second kappa shape index (κ2) is 14.5. The molecule has 12 nitrogen and oxygen atoms in total. The number of aliphatic hydroxyl groups is 4. The molecule has 1 saturated heterocycles. The van der Waals surface area contributed by atoms with Crippen molar-refractivity contribution < 1.29 is 44.2 Å². The van der Waals surface area contributed by atoms with Crippen molar-refractivity contribution in [1.82, 2.24) is 0 Å². The van der Waals surface area contributed by atoms with Crippen LogP contribution >= 0.6 is 0 Å². The van der Waals surface area contributed by atoms with Gasteiger partial charge in [-0.15, -0.1) is 0 Å². The number of carbonyl (C=O) groups excluding carboxylic acids is 2. The van der Waals surface area contributed by atoms with Gasteiger partial charge in [-0.05, 0) is 43.3 Å². The quantitative estimate of drug-likeness (QED) is 0.233. The molecule has 2 aromatic rings. The van der Waals surface area contributed by atoms with Gasteiger partial charge >= 0.3 is 11.9 Å². The molecule has 4 N–H and O–H groups in total. The average molecular weight is 532 g/mol. The van der Waals surface area contributed by atoms with Crippen LogP contribution in [0.25, 0.3) is 0 Å². The van der Waals surface area contributed by atoms with Crippen LogP contribution in [0.4, 0.5) is 17.1 Å². The summed E-state index contributed by atoms with van der Waals surface area (Å²) in [5.74, 6) is -1.49. The first-order chi connectivity index (χ1) is 18.3. The summed E-state index contributed by atoms with van der Waals surface area (Å²) in [7, 11) is 0. The van der Waals surface area contributed by atoms with Crippen molar-refractivity contribution in [2.24, 2.45) is 10.2 Å². The van der Waals surface area contributed by atoms with E-state index in [-0.39, 0.29) is 19.4 Å². The maximum atomic E-state index is 12.1. The van der Waals surface area contributed by atoms with Crippen molar-refractivity contribution in [3.05, 3.63) is 54.6 Å². The number of azo groups is 1. The van der Waals surface area contributed by atoms with Crippen LogP contribution in [0.3, 0.4) is 0 Å². The highest BCUT2D eigenvalue weighted by Gasteiger charge is 2.46. The first-order valence-electron chi connectivity index (χ1n) is 12.3. The summed E-state index contributed by atoms with van der Waals surface area (Å²) in [5, 5.41) is 47.3. The molecule has 2 aromatic carbocycles. The zero-order chi connectivity index (χ0) is 27.5. The molecule has 38 heavy (non-hydrogen) atoms. The van der Waals surface area contributed by atoms with Crippen molar-refractivity contribution >= 4 is 29.0 Å². The van der Waals surface area contributed by atoms with Gasteiger partial charge in [0.2, 0.25) is 0 Å². The Hall–Kier alpha value is -3.42. The first-order valence-corrected chi connectivity index (χ1v) is 12.3. The Morgan fingerprint density at radius 3 is 2.18 bits per heavy atom. The lowest BCUT2D eigenvalue weighted by molar-refractivity contribution is -0.289. The molecule has 0 aliphatic carbocycles. The second-order valence-corrected chi connectivity index (χ2v) is 8.54. The summed E-state index contributed by atoms with van der Waals surface area (Å²) in [6.07, 6.45) is -8.36. The number of nitrogens with zero attached hydrogens (tertiary/aromatic N) is 3. The van der Waals surface area contributed by atoms with Gasteiger partial charge in [0.05, 0.1) is 37.4 Å². The van der Waals surface area contributed by atoms with Crippen molar-refractivity contribution in [2.75, 3.05) is 31.2 Å². The van der Waals surface area contributed by atoms with E-state index in [1.807, 2.05) is 66.4 Å². The molecule has 1 heterocycles. The lowest BCUT2D eigenvalue weighted by atomic mass is 9.99. The van der Waals surface area contributed by atoms with E-state index in [4.69, 9.17) is 14.2 Å². The van der Waals surface area contributed by atoms with Crippen LogP contribution in [0, 0.1) is 0 Å². The average Bonchev–Trinajstić information content (AvgIpc) is 2.94. The molecule has 5 atom stereocenters. The fraction of sp³-hybridized carbons (Fsp3) is 0.462. The van der Waals surface area contributed by atoms with E-state index in [2.05, 4.69) is 10.2 Å². The molecule has 0 amide bonds. The molecule has 0 unspecified atom stereocenters. The summed E-state index contributed by atoms with van der Waals surface area (Å²) in [5.41, 5.74) is 2.38. The topological polar surface area (TPSA) is 171 Å². The van der Waals surface area contributed by atoms with Crippen molar-refractivity contribution in [3.63, 3.8) is 0 Å². The number of ether oxygens (including phenoxy) is 3. The second-order valence-electron chi connectivity index (χ2n) is 8.54. The Labute approximate surface area is 220 Å². The molecular weight excluding hydrogens is 498 g/mol. The molecule has 0 bridgehead atoms. The van der Waals surface area contributed by atoms with Crippen LogP contribution in [0.15, 0.2) is 64.8 Å². The Morgan fingerprint density at radius 1 is 0.921 bits per heavy atom. The van der Waals surface area contributed by atoms with Crippen molar-refractivity contribution in [3.8, 4) is 0 Å². The van der Waals surface area contributed by atoms with E-state index in [1.165, 1.54) is 0 Å². The molecule has 1 aliphatic heterocycles. The van der Waals surface area contributed by atoms with Gasteiger partial charge in [0.25, 0.3) is 0 Å². The summed E-state index contributed by atoms with van der Waals surface area (Å²) in [4.78, 5) is 26.2. The monoisotopic (exact) mass is 531 g/mol. The van der Waals surface area contributed by atoms with Crippen molar-refractivity contribution in [1.29, 1.82) is 0 Å². The lowest BCUT2D eigenvalue weighted by Crippen LogP contribution is -2.59. The van der Waals surface area contributed by atoms with Gasteiger partial charge in [-0.1, -0.05) is 18.2 Å². The highest BCUT2D eigenvalue weighted by Crippen LogP contribution is 2.24. The summed E-state index contributed by atoms with van der Waals surface area (Å²) in [6, 6.07) is 16.9. The molecule has 0 saturated carbocycles. The molecule has 0 aromatic heterocycles. The van der Waals surface area contributed by atoms with Gasteiger partial charge in [-0.2, -0.15) is 10.2 Å². The Bertz CT molecular complexity index is 1050. The van der Waals surface area contributed by atoms with Gasteiger partial charge < -0.3 is 39.5 Å². The third kappa shape index (κ3) is 8.30. The van der Waals surface area contributed by atoms with E-state index in [0.29, 0.717) is 18.8 Å². The lowest BCUT2D eigenvalue weighted by Gasteiger charge is -2.39. The molecule has 206 valence electrons. The maximum absolute atomic E-state index is 12.1. The summed E-state index contributed by atoms with van der Waals surface area (Å²) < 4.78 is 15.1. The van der Waals surface area contributed by atoms with Gasteiger partial charge in [0, 0.05) is 12.2 Å². The van der Waals surface area contributed by atoms with Gasteiger partial charge in [-0.25, -0.2) is 0 Å². The minimum absolute atomic E-state index is 0.0962. The zero-order valence-electron chi connectivity index (χ0n) is 21.0. The largest absolute Gasteiger partial charge is 0.464 e. The molecule has 0 spiro atoms. The van der Waals surface area contributed by atoms with Crippen LogP contribution in [0.1, 0.15) is 19.8 Å². The molecule has 1 fully saturated rings. The Balaban J connectivity index is 1.40. The third-order valence-electron chi connectivity index (χ3n) is 5.90. The molecule has 0 radical (unpaired) electrons. The highest BCUT2D eigenvalue weighted by molar-refractivity contribution is 5.77. The fourth-order valence-corrected chi connectivity index (χ4v) is 3.77. The minimum atomic E-state index is -1.74. The number of rotatable bonds is 12. The normalized spacial score (nSPS) is 23.2. The highest BCUT2D eigenvalue weighted by atomic mass is 16.7. The molecular formula is C26H33N3O9. The predicted octanol–water partition coefficient (Wildman–Crippen LogP) is 1.59. The van der Waals surface area contributed by atoms with E-state index in [0.717, 1.165) is 11.4 Å². The number of carbonyl (C=O) groups is 2. The van der Waals surface area contributed by atoms with Crippen LogP contribution in [0.5, 0.6) is 0 Å². The molecule has 12 heteroatoms. The van der Waals surface area contributed by atoms with Gasteiger partial charge in [0.15, 0.2) is 12.4 Å². The van der Waals surface area contributed by atoms with Crippen LogP contribution < -0.4 is 4.90 Å². The van der Waals surface area contributed by atoms with Crippen LogP contribution in [-0.4, -0.2) is 89.4 Å². The maximum Gasteiger partial charge on any atom is 0.306 e. The van der Waals surface area contributed by atoms with E-state index >= 15 is 0 Å². The Kier molecular flexibility index (Phi) is 11.1. The number of esters is 2. The predicted molar refractivity (Wildman–Crippen MR) is 135 cm³/mol.